The predicted octanol–water partition coefficient (Wildman–Crippen LogP) is 2.40. The fraction of sp³-hybridized carbons (Fsp3) is 0.417. The molecule has 0 saturated heterocycles. The topological polar surface area (TPSA) is 59.6 Å². The molecular weight excluding hydrogens is 277 g/mol. The zero-order valence-electron chi connectivity index (χ0n) is 10.8. The minimum atomic E-state index is -4.40. The smallest absolute Gasteiger partial charge is 0.422 e. The van der Waals surface area contributed by atoms with Crippen LogP contribution in [0.4, 0.5) is 23.7 Å². The van der Waals surface area contributed by atoms with Crippen LogP contribution < -0.4 is 15.4 Å². The van der Waals surface area contributed by atoms with Gasteiger partial charge in [-0.2, -0.15) is 13.2 Å². The van der Waals surface area contributed by atoms with E-state index in [1.54, 1.807) is 0 Å². The molecule has 112 valence electrons. The molecule has 0 radical (unpaired) electrons. The summed E-state index contributed by atoms with van der Waals surface area (Å²) in [6.07, 6.45) is -4.40. The van der Waals surface area contributed by atoms with Gasteiger partial charge in [-0.05, 0) is 12.1 Å². The van der Waals surface area contributed by atoms with Crippen molar-refractivity contribution < 1.29 is 27.4 Å². The summed E-state index contributed by atoms with van der Waals surface area (Å²) in [6, 6.07) is 5.23. The number of amides is 2. The van der Waals surface area contributed by atoms with E-state index in [1.165, 1.54) is 31.4 Å². The Bertz CT molecular complexity index is 438. The van der Waals surface area contributed by atoms with Gasteiger partial charge in [0.2, 0.25) is 0 Å². The van der Waals surface area contributed by atoms with Gasteiger partial charge in [0.1, 0.15) is 5.75 Å². The molecule has 0 spiro atoms. The highest BCUT2D eigenvalue weighted by atomic mass is 19.4. The van der Waals surface area contributed by atoms with E-state index >= 15 is 0 Å². The van der Waals surface area contributed by atoms with Crippen LogP contribution in [-0.2, 0) is 4.74 Å². The van der Waals surface area contributed by atoms with Gasteiger partial charge in [0.15, 0.2) is 6.61 Å². The molecule has 5 nitrogen and oxygen atoms in total. The zero-order valence-corrected chi connectivity index (χ0v) is 10.8. The van der Waals surface area contributed by atoms with E-state index in [4.69, 9.17) is 4.74 Å². The van der Waals surface area contributed by atoms with Crippen molar-refractivity contribution in [1.82, 2.24) is 5.32 Å². The number of rotatable bonds is 6. The second-order valence-electron chi connectivity index (χ2n) is 3.81. The maximum Gasteiger partial charge on any atom is 0.422 e. The third-order valence-corrected chi connectivity index (χ3v) is 2.09. The van der Waals surface area contributed by atoms with Gasteiger partial charge in [0.05, 0.1) is 6.61 Å². The maximum absolute atomic E-state index is 12.0. The molecule has 0 aliphatic carbocycles. The summed E-state index contributed by atoms with van der Waals surface area (Å²) in [5.41, 5.74) is 0.333. The van der Waals surface area contributed by atoms with Gasteiger partial charge in [-0.25, -0.2) is 4.79 Å². The lowest BCUT2D eigenvalue weighted by molar-refractivity contribution is -0.153. The van der Waals surface area contributed by atoms with Crippen molar-refractivity contribution in [2.75, 3.05) is 32.2 Å². The van der Waals surface area contributed by atoms with Crippen LogP contribution in [0.15, 0.2) is 24.3 Å². The first-order chi connectivity index (χ1) is 9.40. The third-order valence-electron chi connectivity index (χ3n) is 2.09. The number of benzene rings is 1. The number of ether oxygens (including phenoxy) is 2. The quantitative estimate of drug-likeness (QED) is 0.791. The fourth-order valence-electron chi connectivity index (χ4n) is 1.27. The van der Waals surface area contributed by atoms with Gasteiger partial charge < -0.3 is 20.1 Å². The normalized spacial score (nSPS) is 11.0. The Morgan fingerprint density at radius 2 is 2.10 bits per heavy atom. The molecule has 20 heavy (non-hydrogen) atoms. The van der Waals surface area contributed by atoms with E-state index < -0.39 is 18.8 Å². The largest absolute Gasteiger partial charge is 0.484 e. The number of carbonyl (C=O) groups excluding carboxylic acids is 1. The molecule has 0 aliphatic rings. The highest BCUT2D eigenvalue weighted by Crippen LogP contribution is 2.21. The highest BCUT2D eigenvalue weighted by molar-refractivity contribution is 5.89. The monoisotopic (exact) mass is 292 g/mol. The molecule has 0 heterocycles. The zero-order chi connectivity index (χ0) is 15.0. The lowest BCUT2D eigenvalue weighted by atomic mass is 10.3. The molecule has 1 aromatic rings. The van der Waals surface area contributed by atoms with E-state index in [2.05, 4.69) is 15.4 Å². The molecular formula is C12H15F3N2O3. The van der Waals surface area contributed by atoms with Crippen LogP contribution in [0.5, 0.6) is 5.75 Å². The minimum Gasteiger partial charge on any atom is -0.484 e. The summed E-state index contributed by atoms with van der Waals surface area (Å²) in [7, 11) is 1.50. The highest BCUT2D eigenvalue weighted by Gasteiger charge is 2.28. The Kier molecular flexibility index (Phi) is 6.10. The molecule has 0 aromatic heterocycles. The number of nitrogens with one attached hydrogen (secondary N) is 2. The van der Waals surface area contributed by atoms with Crippen molar-refractivity contribution in [3.05, 3.63) is 24.3 Å². The summed E-state index contributed by atoms with van der Waals surface area (Å²) >= 11 is 0. The molecule has 1 rings (SSSR count). The van der Waals surface area contributed by atoms with Gasteiger partial charge in [0, 0.05) is 25.4 Å². The summed E-state index contributed by atoms with van der Waals surface area (Å²) in [5.74, 6) is 0.0250. The molecule has 0 saturated carbocycles. The number of anilines is 1. The Labute approximate surface area is 114 Å². The van der Waals surface area contributed by atoms with Gasteiger partial charge in [-0.15, -0.1) is 0 Å². The number of carbonyl (C=O) groups is 1. The maximum atomic E-state index is 12.0. The average molecular weight is 292 g/mol. The van der Waals surface area contributed by atoms with Gasteiger partial charge >= 0.3 is 12.2 Å². The Hall–Kier alpha value is -1.96. The first-order valence-electron chi connectivity index (χ1n) is 5.74. The van der Waals surface area contributed by atoms with Crippen molar-refractivity contribution in [2.24, 2.45) is 0 Å². The third kappa shape index (κ3) is 6.83. The van der Waals surface area contributed by atoms with Crippen molar-refractivity contribution in [3.8, 4) is 5.75 Å². The van der Waals surface area contributed by atoms with Crippen LogP contribution in [0.3, 0.4) is 0 Å². The van der Waals surface area contributed by atoms with Crippen molar-refractivity contribution in [1.29, 1.82) is 0 Å². The molecule has 0 unspecified atom stereocenters. The molecule has 2 N–H and O–H groups in total. The van der Waals surface area contributed by atoms with Gasteiger partial charge in [-0.1, -0.05) is 6.07 Å². The first kappa shape index (κ1) is 16.1. The second kappa shape index (κ2) is 7.59. The SMILES string of the molecule is COCCNC(=O)Nc1cccc(OCC(F)(F)F)c1. The van der Waals surface area contributed by atoms with Gasteiger partial charge in [0.25, 0.3) is 0 Å². The molecule has 1 aromatic carbocycles. The molecule has 0 atom stereocenters. The van der Waals surface area contributed by atoms with Gasteiger partial charge in [-0.3, -0.25) is 0 Å². The fourth-order valence-corrected chi connectivity index (χ4v) is 1.27. The second-order valence-corrected chi connectivity index (χ2v) is 3.81. The van der Waals surface area contributed by atoms with Crippen LogP contribution >= 0.6 is 0 Å². The van der Waals surface area contributed by atoms with Crippen LogP contribution in [-0.4, -0.2) is 39.1 Å². The summed E-state index contributed by atoms with van der Waals surface area (Å²) in [5, 5.41) is 4.98. The number of hydrogen-bond acceptors (Lipinski definition) is 3. The van der Waals surface area contributed by atoms with E-state index in [-0.39, 0.29) is 5.75 Å². The Balaban J connectivity index is 2.49. The lowest BCUT2D eigenvalue weighted by Crippen LogP contribution is -2.31. The number of methoxy groups -OCH3 is 1. The molecule has 2 amide bonds. The minimum absolute atomic E-state index is 0.0250. The van der Waals surface area contributed by atoms with Crippen LogP contribution in [0, 0.1) is 0 Å². The number of alkyl halides is 3. The van der Waals surface area contributed by atoms with E-state index in [1.807, 2.05) is 0 Å². The molecule has 0 bridgehead atoms. The standard InChI is InChI=1S/C12H15F3N2O3/c1-19-6-5-16-11(18)17-9-3-2-4-10(7-9)20-8-12(13,14)15/h2-4,7H,5-6,8H2,1H3,(H2,16,17,18). The van der Waals surface area contributed by atoms with Crippen molar-refractivity contribution >= 4 is 11.7 Å². The van der Waals surface area contributed by atoms with Crippen LogP contribution in [0.1, 0.15) is 0 Å². The average Bonchev–Trinajstić information content (AvgIpc) is 2.36. The number of urea groups is 1. The molecule has 0 aliphatic heterocycles. The summed E-state index contributed by atoms with van der Waals surface area (Å²) in [6.45, 7) is -0.689. The van der Waals surface area contributed by atoms with E-state index in [0.29, 0.717) is 18.8 Å². The first-order valence-corrected chi connectivity index (χ1v) is 5.74. The van der Waals surface area contributed by atoms with Crippen molar-refractivity contribution in [3.63, 3.8) is 0 Å². The van der Waals surface area contributed by atoms with E-state index in [0.717, 1.165) is 0 Å². The summed E-state index contributed by atoms with van der Waals surface area (Å²) in [4.78, 5) is 11.4. The Morgan fingerprint density at radius 1 is 1.35 bits per heavy atom. The van der Waals surface area contributed by atoms with Crippen molar-refractivity contribution in [2.45, 2.75) is 6.18 Å². The number of halogens is 3. The lowest BCUT2D eigenvalue weighted by Gasteiger charge is -2.11. The van der Waals surface area contributed by atoms with E-state index in [9.17, 15) is 18.0 Å². The van der Waals surface area contributed by atoms with Crippen LogP contribution in [0.25, 0.3) is 0 Å². The number of hydrogen-bond donors (Lipinski definition) is 2. The molecule has 0 fully saturated rings. The summed E-state index contributed by atoms with van der Waals surface area (Å²) < 4.78 is 45.4. The van der Waals surface area contributed by atoms with Crippen LogP contribution in [0.2, 0.25) is 0 Å². The Morgan fingerprint density at radius 3 is 2.75 bits per heavy atom. The molecule has 8 heteroatoms. The predicted molar refractivity (Wildman–Crippen MR) is 66.9 cm³/mol.